The van der Waals surface area contributed by atoms with E-state index in [1.807, 2.05) is 0 Å². The zero-order valence-electron chi connectivity index (χ0n) is 11.1. The van der Waals surface area contributed by atoms with Crippen molar-refractivity contribution in [3.05, 3.63) is 24.3 Å². The zero-order valence-corrected chi connectivity index (χ0v) is 12.7. The lowest BCUT2D eigenvalue weighted by Gasteiger charge is -2.11. The number of amides is 1. The Balaban J connectivity index is 2.13. The number of sulfonamides is 1. The molecule has 2 N–H and O–H groups in total. The van der Waals surface area contributed by atoms with Crippen molar-refractivity contribution in [3.8, 4) is 0 Å². The Morgan fingerprint density at radius 2 is 2.15 bits per heavy atom. The van der Waals surface area contributed by atoms with Gasteiger partial charge in [0, 0.05) is 23.5 Å². The van der Waals surface area contributed by atoms with E-state index in [9.17, 15) is 13.2 Å². The third kappa shape index (κ3) is 3.94. The van der Waals surface area contributed by atoms with E-state index >= 15 is 0 Å². The number of anilines is 1. The number of benzene rings is 1. The lowest BCUT2D eigenvalue weighted by atomic mass is 10.2. The average molecular weight is 317 g/mol. The maximum absolute atomic E-state index is 12.1. The second-order valence-corrected chi connectivity index (χ2v) is 6.99. The molecule has 0 aromatic heterocycles. The molecule has 7 heteroatoms. The smallest absolute Gasteiger partial charge is 0.240 e. The standard InChI is InChI=1S/C13H17ClN2O3S/c1-9(8-14)13(17)15-11-3-2-4-12(7-11)20(18,19)16-10-5-6-10/h2-4,7,9-10,16H,5-6,8H2,1H3,(H,15,17). The zero-order chi connectivity index (χ0) is 14.8. The van der Waals surface area contributed by atoms with Crippen LogP contribution in [0.25, 0.3) is 0 Å². The van der Waals surface area contributed by atoms with Crippen LogP contribution in [-0.4, -0.2) is 26.2 Å². The molecule has 0 aliphatic heterocycles. The summed E-state index contributed by atoms with van der Waals surface area (Å²) in [6.45, 7) is 1.71. The predicted molar refractivity (Wildman–Crippen MR) is 78.3 cm³/mol. The summed E-state index contributed by atoms with van der Waals surface area (Å²) in [6, 6.07) is 6.25. The van der Waals surface area contributed by atoms with Crippen LogP contribution in [0.1, 0.15) is 19.8 Å². The molecule has 2 rings (SSSR count). The van der Waals surface area contributed by atoms with Crippen LogP contribution in [0.3, 0.4) is 0 Å². The SMILES string of the molecule is CC(CCl)C(=O)Nc1cccc(S(=O)(=O)NC2CC2)c1. The highest BCUT2D eigenvalue weighted by Crippen LogP contribution is 2.23. The monoisotopic (exact) mass is 316 g/mol. The minimum Gasteiger partial charge on any atom is -0.326 e. The Labute approximate surface area is 123 Å². The fraction of sp³-hybridized carbons (Fsp3) is 0.462. The van der Waals surface area contributed by atoms with Crippen molar-refractivity contribution in [3.63, 3.8) is 0 Å². The topological polar surface area (TPSA) is 75.3 Å². The Morgan fingerprint density at radius 1 is 1.45 bits per heavy atom. The molecule has 1 aliphatic carbocycles. The molecular formula is C13H17ClN2O3S. The molecular weight excluding hydrogens is 300 g/mol. The molecule has 1 aromatic carbocycles. The second kappa shape index (κ2) is 6.11. The molecule has 0 heterocycles. The summed E-state index contributed by atoms with van der Waals surface area (Å²) in [5.74, 6) is -0.348. The van der Waals surface area contributed by atoms with E-state index in [1.165, 1.54) is 12.1 Å². The van der Waals surface area contributed by atoms with Crippen molar-refractivity contribution in [2.45, 2.75) is 30.7 Å². The number of nitrogens with one attached hydrogen (secondary N) is 2. The Bertz CT molecular complexity index is 599. The minimum atomic E-state index is -3.51. The molecule has 1 aromatic rings. The first-order chi connectivity index (χ1) is 9.42. The number of alkyl halides is 1. The molecule has 1 saturated carbocycles. The molecule has 20 heavy (non-hydrogen) atoms. The van der Waals surface area contributed by atoms with Crippen LogP contribution < -0.4 is 10.0 Å². The molecule has 1 aliphatic rings. The molecule has 0 radical (unpaired) electrons. The van der Waals surface area contributed by atoms with Crippen LogP contribution in [0, 0.1) is 5.92 Å². The molecule has 0 bridgehead atoms. The number of carbonyl (C=O) groups is 1. The van der Waals surface area contributed by atoms with Crippen molar-refractivity contribution in [1.29, 1.82) is 0 Å². The average Bonchev–Trinajstić information content (AvgIpc) is 3.21. The van der Waals surface area contributed by atoms with E-state index in [0.717, 1.165) is 12.8 Å². The molecule has 1 atom stereocenters. The highest BCUT2D eigenvalue weighted by molar-refractivity contribution is 7.89. The van der Waals surface area contributed by atoms with Gasteiger partial charge in [0.25, 0.3) is 0 Å². The molecule has 0 saturated heterocycles. The largest absolute Gasteiger partial charge is 0.326 e. The first kappa shape index (κ1) is 15.3. The summed E-state index contributed by atoms with van der Waals surface area (Å²) in [7, 11) is -3.51. The fourth-order valence-electron chi connectivity index (χ4n) is 1.57. The van der Waals surface area contributed by atoms with Gasteiger partial charge in [-0.25, -0.2) is 13.1 Å². The highest BCUT2D eigenvalue weighted by Gasteiger charge is 2.28. The third-order valence-electron chi connectivity index (χ3n) is 2.99. The summed E-state index contributed by atoms with van der Waals surface area (Å²) in [5.41, 5.74) is 0.450. The number of carbonyl (C=O) groups excluding carboxylic acids is 1. The van der Waals surface area contributed by atoms with Crippen molar-refractivity contribution in [2.24, 2.45) is 5.92 Å². The number of hydrogen-bond acceptors (Lipinski definition) is 3. The van der Waals surface area contributed by atoms with Gasteiger partial charge in [-0.1, -0.05) is 13.0 Å². The van der Waals surface area contributed by atoms with Gasteiger partial charge in [-0.05, 0) is 31.0 Å². The molecule has 1 unspecified atom stereocenters. The predicted octanol–water partition coefficient (Wildman–Crippen LogP) is 1.94. The molecule has 1 amide bonds. The first-order valence-electron chi connectivity index (χ1n) is 6.41. The molecule has 5 nitrogen and oxygen atoms in total. The summed E-state index contributed by atoms with van der Waals surface area (Å²) >= 11 is 5.61. The van der Waals surface area contributed by atoms with Gasteiger partial charge in [-0.2, -0.15) is 0 Å². The van der Waals surface area contributed by atoms with Gasteiger partial charge in [-0.3, -0.25) is 4.79 Å². The Morgan fingerprint density at radius 3 is 2.75 bits per heavy atom. The van der Waals surface area contributed by atoms with Crippen molar-refractivity contribution < 1.29 is 13.2 Å². The maximum Gasteiger partial charge on any atom is 0.240 e. The van der Waals surface area contributed by atoms with Crippen LogP contribution in [-0.2, 0) is 14.8 Å². The van der Waals surface area contributed by atoms with Gasteiger partial charge in [-0.15, -0.1) is 11.6 Å². The summed E-state index contributed by atoms with van der Waals surface area (Å²) in [5, 5.41) is 2.66. The number of hydrogen-bond donors (Lipinski definition) is 2. The normalized spacial score (nSPS) is 16.7. The van der Waals surface area contributed by atoms with Crippen LogP contribution >= 0.6 is 11.6 Å². The van der Waals surface area contributed by atoms with E-state index in [1.54, 1.807) is 19.1 Å². The molecule has 1 fully saturated rings. The number of rotatable bonds is 6. The van der Waals surface area contributed by atoms with Gasteiger partial charge < -0.3 is 5.32 Å². The Hall–Kier alpha value is -1.11. The van der Waals surface area contributed by atoms with Gasteiger partial charge >= 0.3 is 0 Å². The first-order valence-corrected chi connectivity index (χ1v) is 8.43. The van der Waals surface area contributed by atoms with E-state index in [2.05, 4.69) is 10.0 Å². The minimum absolute atomic E-state index is 0.0505. The Kier molecular flexibility index (Phi) is 4.67. The summed E-state index contributed by atoms with van der Waals surface area (Å²) in [6.07, 6.45) is 1.76. The maximum atomic E-state index is 12.1. The van der Waals surface area contributed by atoms with Gasteiger partial charge in [0.2, 0.25) is 15.9 Å². The summed E-state index contributed by atoms with van der Waals surface area (Å²) in [4.78, 5) is 11.9. The molecule has 0 spiro atoms. The van der Waals surface area contributed by atoms with E-state index in [0.29, 0.717) is 5.69 Å². The van der Waals surface area contributed by atoms with Crippen LogP contribution in [0.15, 0.2) is 29.2 Å². The van der Waals surface area contributed by atoms with Gasteiger partial charge in [0.15, 0.2) is 0 Å². The number of halogens is 1. The van der Waals surface area contributed by atoms with E-state index < -0.39 is 10.0 Å². The van der Waals surface area contributed by atoms with Crippen molar-refractivity contribution in [1.82, 2.24) is 4.72 Å². The van der Waals surface area contributed by atoms with Gasteiger partial charge in [0.05, 0.1) is 4.90 Å². The summed E-state index contributed by atoms with van der Waals surface area (Å²) < 4.78 is 26.7. The van der Waals surface area contributed by atoms with Crippen molar-refractivity contribution >= 4 is 33.2 Å². The van der Waals surface area contributed by atoms with Crippen molar-refractivity contribution in [2.75, 3.05) is 11.2 Å². The van der Waals surface area contributed by atoms with Crippen LogP contribution in [0.2, 0.25) is 0 Å². The third-order valence-corrected chi connectivity index (χ3v) is 4.97. The lowest BCUT2D eigenvalue weighted by Crippen LogP contribution is -2.26. The van der Waals surface area contributed by atoms with Crippen LogP contribution in [0.5, 0.6) is 0 Å². The fourth-order valence-corrected chi connectivity index (χ4v) is 3.06. The quantitative estimate of drug-likeness (QED) is 0.788. The van der Waals surface area contributed by atoms with Gasteiger partial charge in [0.1, 0.15) is 0 Å². The second-order valence-electron chi connectivity index (χ2n) is 4.97. The molecule has 110 valence electrons. The van der Waals surface area contributed by atoms with E-state index in [4.69, 9.17) is 11.6 Å². The lowest BCUT2D eigenvalue weighted by molar-refractivity contribution is -0.118. The van der Waals surface area contributed by atoms with E-state index in [-0.39, 0.29) is 28.6 Å². The van der Waals surface area contributed by atoms with Crippen LogP contribution in [0.4, 0.5) is 5.69 Å². The highest BCUT2D eigenvalue weighted by atomic mass is 35.5.